The summed E-state index contributed by atoms with van der Waals surface area (Å²) in [5, 5.41) is 3.36. The molecule has 22 heavy (non-hydrogen) atoms. The van der Waals surface area contributed by atoms with Gasteiger partial charge in [0.2, 0.25) is 0 Å². The van der Waals surface area contributed by atoms with Gasteiger partial charge in [-0.2, -0.15) is 0 Å². The first kappa shape index (κ1) is 14.9. The summed E-state index contributed by atoms with van der Waals surface area (Å²) in [6.07, 6.45) is 2.05. The van der Waals surface area contributed by atoms with Crippen molar-refractivity contribution in [3.8, 4) is 5.75 Å². The molecule has 2 aliphatic heterocycles. The minimum atomic E-state index is -0.397. The predicted octanol–water partition coefficient (Wildman–Crippen LogP) is 1.79. The molecule has 2 heterocycles. The van der Waals surface area contributed by atoms with Crippen LogP contribution in [0.2, 0.25) is 0 Å². The van der Waals surface area contributed by atoms with Crippen LogP contribution in [0.4, 0.5) is 11.4 Å². The molecule has 2 aliphatic rings. The van der Waals surface area contributed by atoms with Crippen LogP contribution in [0.25, 0.3) is 0 Å². The zero-order chi connectivity index (χ0) is 15.5. The zero-order valence-corrected chi connectivity index (χ0v) is 13.0. The van der Waals surface area contributed by atoms with E-state index < -0.39 is 6.10 Å². The number of carbonyl (C=O) groups excluding carboxylic acids is 1. The number of benzene rings is 1. The van der Waals surface area contributed by atoms with Crippen LogP contribution in [-0.4, -0.2) is 44.7 Å². The van der Waals surface area contributed by atoms with E-state index in [0.29, 0.717) is 13.0 Å². The van der Waals surface area contributed by atoms with E-state index in [4.69, 9.17) is 4.74 Å². The lowest BCUT2D eigenvalue weighted by atomic mass is 10.1. The molecule has 0 bridgehead atoms. The topological polar surface area (TPSA) is 44.8 Å². The Morgan fingerprint density at radius 1 is 1.41 bits per heavy atom. The fourth-order valence-electron chi connectivity index (χ4n) is 3.09. The molecule has 0 radical (unpaired) electrons. The number of rotatable bonds is 4. The molecule has 1 atom stereocenters. The van der Waals surface area contributed by atoms with E-state index in [1.54, 1.807) is 6.08 Å². The Bertz CT molecular complexity index is 567. The summed E-state index contributed by atoms with van der Waals surface area (Å²) < 4.78 is 5.93. The first-order valence-corrected chi connectivity index (χ1v) is 7.94. The number of amides is 1. The van der Waals surface area contributed by atoms with Gasteiger partial charge in [0.1, 0.15) is 11.4 Å². The van der Waals surface area contributed by atoms with Crippen molar-refractivity contribution < 1.29 is 9.53 Å². The van der Waals surface area contributed by atoms with E-state index in [2.05, 4.69) is 22.9 Å². The third-order valence-corrected chi connectivity index (χ3v) is 4.20. The second-order valence-corrected chi connectivity index (χ2v) is 5.61. The number of nitrogens with one attached hydrogen (secondary N) is 1. The summed E-state index contributed by atoms with van der Waals surface area (Å²) in [5.74, 6) is 0.821. The fraction of sp³-hybridized carbons (Fsp3) is 0.471. The molecular formula is C17H23N3O2. The number of para-hydroxylation sites is 1. The highest BCUT2D eigenvalue weighted by Gasteiger charge is 2.35. The van der Waals surface area contributed by atoms with Gasteiger partial charge in [0.05, 0.1) is 5.69 Å². The Morgan fingerprint density at radius 3 is 2.86 bits per heavy atom. The van der Waals surface area contributed by atoms with Crippen LogP contribution in [0.5, 0.6) is 5.75 Å². The highest BCUT2D eigenvalue weighted by atomic mass is 16.5. The summed E-state index contributed by atoms with van der Waals surface area (Å²) >= 11 is 0. The molecule has 1 aromatic rings. The summed E-state index contributed by atoms with van der Waals surface area (Å²) in [6.45, 7) is 10.1. The van der Waals surface area contributed by atoms with Gasteiger partial charge in [-0.1, -0.05) is 19.1 Å². The molecule has 1 unspecified atom stereocenters. The monoisotopic (exact) mass is 301 g/mol. The molecule has 0 saturated carbocycles. The van der Waals surface area contributed by atoms with Gasteiger partial charge in [-0.15, -0.1) is 6.58 Å². The number of anilines is 2. The molecule has 0 aliphatic carbocycles. The van der Waals surface area contributed by atoms with Crippen LogP contribution in [0.3, 0.4) is 0 Å². The molecule has 3 rings (SSSR count). The molecule has 0 aromatic heterocycles. The number of fused-ring (bicyclic) bond motifs is 1. The van der Waals surface area contributed by atoms with Gasteiger partial charge in [0.25, 0.3) is 5.91 Å². The third kappa shape index (κ3) is 2.57. The number of hydrogen-bond acceptors (Lipinski definition) is 4. The second-order valence-electron chi connectivity index (χ2n) is 5.61. The normalized spacial score (nSPS) is 21.3. The maximum atomic E-state index is 12.7. The zero-order valence-electron chi connectivity index (χ0n) is 13.0. The maximum absolute atomic E-state index is 12.7. The lowest BCUT2D eigenvalue weighted by Gasteiger charge is -2.38. The molecular weight excluding hydrogens is 278 g/mol. The Hall–Kier alpha value is -2.01. The van der Waals surface area contributed by atoms with Gasteiger partial charge in [-0.25, -0.2) is 0 Å². The SMILES string of the molecule is C=CCN1C(=O)C(CC)Oc2cccc(N3CCNCC3)c21. The number of carbonyl (C=O) groups is 1. The average molecular weight is 301 g/mol. The van der Waals surface area contributed by atoms with Crippen molar-refractivity contribution in [2.45, 2.75) is 19.4 Å². The highest BCUT2D eigenvalue weighted by Crippen LogP contribution is 2.42. The summed E-state index contributed by atoms with van der Waals surface area (Å²) in [7, 11) is 0. The van der Waals surface area contributed by atoms with Crippen molar-refractivity contribution in [1.29, 1.82) is 0 Å². The molecule has 1 amide bonds. The maximum Gasteiger partial charge on any atom is 0.268 e. The fourth-order valence-corrected chi connectivity index (χ4v) is 3.09. The van der Waals surface area contributed by atoms with Gasteiger partial charge in [-0.05, 0) is 18.6 Å². The number of piperazine rings is 1. The van der Waals surface area contributed by atoms with Crippen LogP contribution in [0, 0.1) is 0 Å². The molecule has 1 saturated heterocycles. The van der Waals surface area contributed by atoms with Crippen molar-refractivity contribution in [3.05, 3.63) is 30.9 Å². The quantitative estimate of drug-likeness (QED) is 0.861. The first-order chi connectivity index (χ1) is 10.8. The van der Waals surface area contributed by atoms with E-state index in [1.165, 1.54) is 0 Å². The predicted molar refractivity (Wildman–Crippen MR) is 88.8 cm³/mol. The van der Waals surface area contributed by atoms with E-state index in [-0.39, 0.29) is 5.91 Å². The Kier molecular flexibility index (Phi) is 4.34. The largest absolute Gasteiger partial charge is 0.478 e. The van der Waals surface area contributed by atoms with Crippen LogP contribution < -0.4 is 19.9 Å². The Morgan fingerprint density at radius 2 is 2.18 bits per heavy atom. The highest BCUT2D eigenvalue weighted by molar-refractivity contribution is 6.03. The van der Waals surface area contributed by atoms with Gasteiger partial charge in [0, 0.05) is 32.7 Å². The van der Waals surface area contributed by atoms with Gasteiger partial charge < -0.3 is 19.9 Å². The minimum Gasteiger partial charge on any atom is -0.478 e. The second kappa shape index (κ2) is 6.40. The van der Waals surface area contributed by atoms with Gasteiger partial charge in [-0.3, -0.25) is 4.79 Å². The summed E-state index contributed by atoms with van der Waals surface area (Å²) in [6, 6.07) is 6.03. The average Bonchev–Trinajstić information content (AvgIpc) is 2.57. The van der Waals surface area contributed by atoms with E-state index in [9.17, 15) is 4.79 Å². The number of ether oxygens (including phenoxy) is 1. The van der Waals surface area contributed by atoms with Crippen LogP contribution >= 0.6 is 0 Å². The van der Waals surface area contributed by atoms with Crippen molar-refractivity contribution in [2.24, 2.45) is 0 Å². The van der Waals surface area contributed by atoms with Crippen molar-refractivity contribution >= 4 is 17.3 Å². The van der Waals surface area contributed by atoms with Crippen molar-refractivity contribution in [2.75, 3.05) is 42.5 Å². The molecule has 5 nitrogen and oxygen atoms in total. The van der Waals surface area contributed by atoms with E-state index in [0.717, 1.165) is 43.3 Å². The van der Waals surface area contributed by atoms with Crippen molar-refractivity contribution in [3.63, 3.8) is 0 Å². The van der Waals surface area contributed by atoms with Crippen molar-refractivity contribution in [1.82, 2.24) is 5.32 Å². The molecule has 5 heteroatoms. The van der Waals surface area contributed by atoms with Gasteiger partial charge in [0.15, 0.2) is 6.10 Å². The standard InChI is InChI=1S/C17H23N3O2/c1-3-10-20-16-13(19-11-8-18-9-12-19)6-5-7-15(16)22-14(4-2)17(20)21/h3,5-7,14,18H,1,4,8-12H2,2H3. The first-order valence-electron chi connectivity index (χ1n) is 7.94. The molecule has 1 aromatic carbocycles. The molecule has 1 fully saturated rings. The van der Waals surface area contributed by atoms with E-state index >= 15 is 0 Å². The van der Waals surface area contributed by atoms with E-state index in [1.807, 2.05) is 24.0 Å². The summed E-state index contributed by atoms with van der Waals surface area (Å²) in [5.41, 5.74) is 1.96. The van der Waals surface area contributed by atoms with Crippen LogP contribution in [0.15, 0.2) is 30.9 Å². The minimum absolute atomic E-state index is 0.0254. The van der Waals surface area contributed by atoms with Gasteiger partial charge >= 0.3 is 0 Å². The molecule has 0 spiro atoms. The Balaban J connectivity index is 2.04. The van der Waals surface area contributed by atoms with Crippen LogP contribution in [0.1, 0.15) is 13.3 Å². The lowest BCUT2D eigenvalue weighted by molar-refractivity contribution is -0.126. The summed E-state index contributed by atoms with van der Waals surface area (Å²) in [4.78, 5) is 16.8. The smallest absolute Gasteiger partial charge is 0.268 e. The van der Waals surface area contributed by atoms with Crippen LogP contribution in [-0.2, 0) is 4.79 Å². The molecule has 118 valence electrons. The Labute approximate surface area is 131 Å². The lowest BCUT2D eigenvalue weighted by Crippen LogP contribution is -2.48. The number of nitrogens with zero attached hydrogens (tertiary/aromatic N) is 2. The number of hydrogen-bond donors (Lipinski definition) is 1. The molecule has 1 N–H and O–H groups in total. The third-order valence-electron chi connectivity index (χ3n) is 4.20.